The van der Waals surface area contributed by atoms with E-state index in [9.17, 15) is 24.9 Å². The lowest BCUT2D eigenvalue weighted by atomic mass is 9.69. The van der Waals surface area contributed by atoms with Crippen molar-refractivity contribution in [2.24, 2.45) is 0 Å². The molecule has 0 bridgehead atoms. The summed E-state index contributed by atoms with van der Waals surface area (Å²) < 4.78 is 0. The van der Waals surface area contributed by atoms with E-state index in [2.05, 4.69) is 5.32 Å². The first-order valence-corrected chi connectivity index (χ1v) is 8.52. The minimum absolute atomic E-state index is 0.306. The lowest BCUT2D eigenvalue weighted by molar-refractivity contribution is -0.145. The molecular weight excluding hydrogens is 322 g/mol. The normalized spacial score (nSPS) is 17.4. The Hall–Kier alpha value is -1.92. The third kappa shape index (κ3) is 3.85. The number of carboxylic acid groups (broad SMARTS) is 2. The molecule has 6 heteroatoms. The number of aliphatic carboxylic acids is 2. The molecule has 0 saturated carbocycles. The van der Waals surface area contributed by atoms with Crippen LogP contribution in [0.2, 0.25) is 0 Å². The number of nitrogens with one attached hydrogen (secondary N) is 1. The van der Waals surface area contributed by atoms with Gasteiger partial charge in [-0.05, 0) is 50.4 Å². The van der Waals surface area contributed by atoms with Crippen LogP contribution in [0.3, 0.4) is 0 Å². The summed E-state index contributed by atoms with van der Waals surface area (Å²) in [5.74, 6) is -2.01. The molecule has 140 valence electrons. The Morgan fingerprint density at radius 1 is 1.04 bits per heavy atom. The molecule has 6 nitrogen and oxygen atoms in total. The predicted molar refractivity (Wildman–Crippen MR) is 95.9 cm³/mol. The lowest BCUT2D eigenvalue weighted by Crippen LogP contribution is -2.39. The third-order valence-corrected chi connectivity index (χ3v) is 5.37. The Morgan fingerprint density at radius 3 is 1.92 bits per heavy atom. The molecule has 1 rings (SSSR count). The van der Waals surface area contributed by atoms with Crippen molar-refractivity contribution in [2.45, 2.75) is 57.5 Å². The number of rotatable bonds is 9. The van der Waals surface area contributed by atoms with Gasteiger partial charge in [0, 0.05) is 6.54 Å². The number of carbonyl (C=O) groups is 2. The maximum atomic E-state index is 12.0. The summed E-state index contributed by atoms with van der Waals surface area (Å²) in [7, 11) is 1.71. The first-order valence-electron chi connectivity index (χ1n) is 8.52. The van der Waals surface area contributed by atoms with E-state index < -0.39 is 28.9 Å². The molecule has 0 aliphatic carbocycles. The van der Waals surface area contributed by atoms with Crippen molar-refractivity contribution < 1.29 is 24.9 Å². The Bertz CT molecular complexity index is 645. The van der Waals surface area contributed by atoms with Gasteiger partial charge in [-0.2, -0.15) is 0 Å². The van der Waals surface area contributed by atoms with Crippen molar-refractivity contribution >= 4 is 11.9 Å². The first-order chi connectivity index (χ1) is 11.6. The number of likely N-dealkylation sites (N-methyl/N-ethyl adjacent to an activating group) is 1. The zero-order chi connectivity index (χ0) is 19.4. The summed E-state index contributed by atoms with van der Waals surface area (Å²) in [5, 5.41) is 32.7. The largest absolute Gasteiger partial charge is 0.481 e. The fourth-order valence-corrected chi connectivity index (χ4v) is 2.93. The summed E-state index contributed by atoms with van der Waals surface area (Å²) in [5.41, 5.74) is -0.945. The monoisotopic (exact) mass is 351 g/mol. The van der Waals surface area contributed by atoms with Crippen molar-refractivity contribution in [1.82, 2.24) is 5.32 Å². The zero-order valence-corrected chi connectivity index (χ0v) is 15.6. The molecular formula is C19H29NO5. The van der Waals surface area contributed by atoms with Crippen molar-refractivity contribution in [1.29, 1.82) is 0 Å². The van der Waals surface area contributed by atoms with Crippen molar-refractivity contribution in [3.8, 4) is 0 Å². The first kappa shape index (κ1) is 21.1. The fraction of sp³-hybridized carbons (Fsp3) is 0.579. The fourth-order valence-electron chi connectivity index (χ4n) is 2.93. The van der Waals surface area contributed by atoms with Crippen molar-refractivity contribution in [3.05, 3.63) is 34.9 Å². The molecule has 25 heavy (non-hydrogen) atoms. The molecule has 0 spiro atoms. The highest BCUT2D eigenvalue weighted by atomic mass is 16.4. The number of hydrogen-bond donors (Lipinski definition) is 4. The second-order valence-electron chi connectivity index (χ2n) is 6.86. The Labute approximate surface area is 148 Å². The van der Waals surface area contributed by atoms with E-state index in [0.717, 1.165) is 0 Å². The minimum Gasteiger partial charge on any atom is -0.481 e. The van der Waals surface area contributed by atoms with Gasteiger partial charge in [-0.1, -0.05) is 32.0 Å². The summed E-state index contributed by atoms with van der Waals surface area (Å²) in [6, 6.07) is 4.97. The number of aliphatic hydroxyl groups excluding tert-OH is 1. The molecule has 4 N–H and O–H groups in total. The molecule has 0 fully saturated rings. The summed E-state index contributed by atoms with van der Waals surface area (Å²) in [4.78, 5) is 23.9. The SMILES string of the molecule is CCC(C)(C(=O)O)c1ccc(C(O)CNC)cc1C(C)(CC)C(=O)O. The Morgan fingerprint density at radius 2 is 1.52 bits per heavy atom. The van der Waals surface area contributed by atoms with Gasteiger partial charge in [0.25, 0.3) is 0 Å². The number of benzene rings is 1. The van der Waals surface area contributed by atoms with Gasteiger partial charge in [0.15, 0.2) is 0 Å². The van der Waals surface area contributed by atoms with Crippen LogP contribution in [-0.2, 0) is 20.4 Å². The third-order valence-electron chi connectivity index (χ3n) is 5.37. The molecule has 0 aromatic heterocycles. The average molecular weight is 351 g/mol. The molecule has 3 unspecified atom stereocenters. The van der Waals surface area contributed by atoms with E-state index in [1.165, 1.54) is 0 Å². The van der Waals surface area contributed by atoms with Gasteiger partial charge in [0.05, 0.1) is 16.9 Å². The average Bonchev–Trinajstić information content (AvgIpc) is 2.59. The van der Waals surface area contributed by atoms with Gasteiger partial charge >= 0.3 is 11.9 Å². The lowest BCUT2D eigenvalue weighted by Gasteiger charge is -2.33. The zero-order valence-electron chi connectivity index (χ0n) is 15.6. The number of hydrogen-bond acceptors (Lipinski definition) is 4. The second kappa shape index (κ2) is 7.97. The molecule has 0 aliphatic heterocycles. The summed E-state index contributed by atoms with van der Waals surface area (Å²) in [6.45, 7) is 7.05. The Kier molecular flexibility index (Phi) is 6.74. The highest BCUT2D eigenvalue weighted by Crippen LogP contribution is 2.40. The van der Waals surface area contributed by atoms with Gasteiger partial charge < -0.3 is 20.6 Å². The predicted octanol–water partition coefficient (Wildman–Crippen LogP) is 2.44. The Balaban J connectivity index is 3.74. The van der Waals surface area contributed by atoms with Crippen LogP contribution in [0.15, 0.2) is 18.2 Å². The van der Waals surface area contributed by atoms with Gasteiger partial charge in [-0.3, -0.25) is 9.59 Å². The van der Waals surface area contributed by atoms with Gasteiger partial charge in [-0.15, -0.1) is 0 Å². The van der Waals surface area contributed by atoms with Gasteiger partial charge in [-0.25, -0.2) is 0 Å². The van der Waals surface area contributed by atoms with Crippen LogP contribution in [0.1, 0.15) is 63.3 Å². The number of carboxylic acids is 2. The van der Waals surface area contributed by atoms with E-state index in [1.54, 1.807) is 52.9 Å². The van der Waals surface area contributed by atoms with E-state index in [4.69, 9.17) is 0 Å². The van der Waals surface area contributed by atoms with Gasteiger partial charge in [0.1, 0.15) is 0 Å². The highest BCUT2D eigenvalue weighted by Gasteiger charge is 2.42. The highest BCUT2D eigenvalue weighted by molar-refractivity contribution is 5.85. The standard InChI is InChI=1S/C19H29NO5/c1-6-18(3,16(22)23)13-9-8-12(15(21)11-20-5)10-14(13)19(4,7-2)17(24)25/h8-10,15,20-21H,6-7,11H2,1-5H3,(H,22,23)(H,24,25). The van der Waals surface area contributed by atoms with Crippen molar-refractivity contribution in [2.75, 3.05) is 13.6 Å². The van der Waals surface area contributed by atoms with Crippen LogP contribution in [0, 0.1) is 0 Å². The molecule has 0 radical (unpaired) electrons. The van der Waals surface area contributed by atoms with Gasteiger partial charge in [0.2, 0.25) is 0 Å². The quantitative estimate of drug-likeness (QED) is 0.544. The second-order valence-corrected chi connectivity index (χ2v) is 6.86. The van der Waals surface area contributed by atoms with E-state index in [0.29, 0.717) is 36.1 Å². The van der Waals surface area contributed by atoms with Crippen LogP contribution >= 0.6 is 0 Å². The molecule has 1 aromatic rings. The molecule has 0 amide bonds. The topological polar surface area (TPSA) is 107 Å². The molecule has 1 aromatic carbocycles. The van der Waals surface area contributed by atoms with Crippen LogP contribution in [0.25, 0.3) is 0 Å². The number of aliphatic hydroxyl groups is 1. The smallest absolute Gasteiger partial charge is 0.313 e. The van der Waals surface area contributed by atoms with E-state index in [-0.39, 0.29) is 0 Å². The maximum absolute atomic E-state index is 12.0. The molecule has 0 heterocycles. The van der Waals surface area contributed by atoms with Crippen LogP contribution < -0.4 is 5.32 Å². The van der Waals surface area contributed by atoms with Crippen molar-refractivity contribution in [3.63, 3.8) is 0 Å². The minimum atomic E-state index is -1.24. The van der Waals surface area contributed by atoms with E-state index in [1.807, 2.05) is 0 Å². The molecule has 3 atom stereocenters. The van der Waals surface area contributed by atoms with Crippen LogP contribution in [0.4, 0.5) is 0 Å². The van der Waals surface area contributed by atoms with Crippen LogP contribution in [-0.4, -0.2) is 40.9 Å². The maximum Gasteiger partial charge on any atom is 0.313 e. The molecule has 0 aliphatic rings. The summed E-state index contributed by atoms with van der Waals surface area (Å²) in [6.07, 6.45) is -0.168. The van der Waals surface area contributed by atoms with Crippen LogP contribution in [0.5, 0.6) is 0 Å². The summed E-state index contributed by atoms with van der Waals surface area (Å²) >= 11 is 0. The van der Waals surface area contributed by atoms with E-state index >= 15 is 0 Å². The molecule has 0 saturated heterocycles.